The predicted octanol–water partition coefficient (Wildman–Crippen LogP) is 2.10. The first kappa shape index (κ1) is 10.2. The number of halogens is 1. The van der Waals surface area contributed by atoms with Crippen LogP contribution < -0.4 is 0 Å². The lowest BCUT2D eigenvalue weighted by Gasteiger charge is -2.16. The average molecular weight is 251 g/mol. The summed E-state index contributed by atoms with van der Waals surface area (Å²) >= 11 is 2.37. The quantitative estimate of drug-likeness (QED) is 0.397. The summed E-state index contributed by atoms with van der Waals surface area (Å²) in [7, 11) is 0. The van der Waals surface area contributed by atoms with Gasteiger partial charge in [0, 0.05) is 24.1 Å². The summed E-state index contributed by atoms with van der Waals surface area (Å²) in [5.41, 5.74) is 0. The Bertz CT molecular complexity index is 91.4. The topological polar surface area (TPSA) is 3.24 Å². The van der Waals surface area contributed by atoms with Crippen molar-refractivity contribution < 1.29 is 0 Å². The van der Waals surface area contributed by atoms with E-state index < -0.39 is 0 Å². The maximum Gasteiger partial charge on any atom is 0.0164 e. The summed E-state index contributed by atoms with van der Waals surface area (Å²) in [4.78, 5) is 2.30. The summed E-state index contributed by atoms with van der Waals surface area (Å²) in [6.07, 6.45) is 3.85. The summed E-state index contributed by atoms with van der Waals surface area (Å²) in [5.74, 6) is 0. The second-order valence-electron chi connectivity index (χ2n) is 2.03. The van der Waals surface area contributed by atoms with Crippen LogP contribution in [0.2, 0.25) is 0 Å². The number of alkyl halides is 1. The van der Waals surface area contributed by atoms with Crippen molar-refractivity contribution in [3.05, 3.63) is 25.3 Å². The molecule has 0 unspecified atom stereocenters. The van der Waals surface area contributed by atoms with E-state index in [1.807, 2.05) is 12.2 Å². The smallest absolute Gasteiger partial charge is 0.0164 e. The van der Waals surface area contributed by atoms with Crippen LogP contribution in [-0.4, -0.2) is 29.0 Å². The van der Waals surface area contributed by atoms with Gasteiger partial charge in [0.25, 0.3) is 0 Å². The van der Waals surface area contributed by atoms with Crippen LogP contribution in [0.4, 0.5) is 0 Å². The molecule has 0 rings (SSSR count). The number of nitrogens with zero attached hydrogens (tertiary/aromatic N) is 1. The molecule has 0 atom stereocenters. The van der Waals surface area contributed by atoms with Gasteiger partial charge in [-0.15, -0.1) is 13.2 Å². The summed E-state index contributed by atoms with van der Waals surface area (Å²) in [5, 5.41) is 0. The van der Waals surface area contributed by atoms with E-state index in [1.165, 1.54) is 4.43 Å². The Labute approximate surface area is 76.9 Å². The summed E-state index contributed by atoms with van der Waals surface area (Å²) < 4.78 is 1.17. The molecule has 1 nitrogen and oxygen atoms in total. The van der Waals surface area contributed by atoms with Gasteiger partial charge in [-0.1, -0.05) is 34.7 Å². The normalized spacial score (nSPS) is 9.80. The molecule has 2 heteroatoms. The van der Waals surface area contributed by atoms with Gasteiger partial charge >= 0.3 is 0 Å². The number of hydrogen-bond donors (Lipinski definition) is 0. The fourth-order valence-corrected chi connectivity index (χ4v) is 1.42. The number of hydrogen-bond acceptors (Lipinski definition) is 1. The molecule has 0 saturated heterocycles. The highest BCUT2D eigenvalue weighted by Gasteiger charge is 1.96. The Morgan fingerprint density at radius 1 is 1.20 bits per heavy atom. The second-order valence-corrected chi connectivity index (χ2v) is 3.10. The van der Waals surface area contributed by atoms with E-state index in [2.05, 4.69) is 40.6 Å². The van der Waals surface area contributed by atoms with Crippen LogP contribution in [0, 0.1) is 0 Å². The molecule has 0 aliphatic heterocycles. The van der Waals surface area contributed by atoms with E-state index in [4.69, 9.17) is 0 Å². The minimum absolute atomic E-state index is 0.967. The standard InChI is InChI=1S/C8H14IN/c1-3-6-10(7-4-2)8-5-9/h3-4H,1-2,5-8H2. The van der Waals surface area contributed by atoms with E-state index in [0.29, 0.717) is 0 Å². The molecule has 0 aromatic heterocycles. The molecule has 0 aliphatic carbocycles. The van der Waals surface area contributed by atoms with E-state index in [-0.39, 0.29) is 0 Å². The summed E-state index contributed by atoms with van der Waals surface area (Å²) in [6, 6.07) is 0. The Kier molecular flexibility index (Phi) is 7.40. The van der Waals surface area contributed by atoms with Crippen LogP contribution in [0.1, 0.15) is 0 Å². The first-order chi connectivity index (χ1) is 4.85. The molecule has 58 valence electrons. The van der Waals surface area contributed by atoms with Gasteiger partial charge in [-0.3, -0.25) is 4.90 Å². The molecule has 0 aromatic carbocycles. The molecule has 0 N–H and O–H groups in total. The zero-order valence-corrected chi connectivity index (χ0v) is 8.38. The van der Waals surface area contributed by atoms with Gasteiger partial charge in [0.1, 0.15) is 0 Å². The molecule has 0 amide bonds. The van der Waals surface area contributed by atoms with E-state index in [9.17, 15) is 0 Å². The molecule has 0 bridgehead atoms. The van der Waals surface area contributed by atoms with Crippen molar-refractivity contribution in [2.75, 3.05) is 24.1 Å². The maximum absolute atomic E-state index is 3.69. The molecule has 0 aromatic rings. The lowest BCUT2D eigenvalue weighted by molar-refractivity contribution is 0.360. The number of rotatable bonds is 6. The average Bonchev–Trinajstić information content (AvgIpc) is 1.90. The Hall–Kier alpha value is 0.170. The van der Waals surface area contributed by atoms with Gasteiger partial charge < -0.3 is 0 Å². The van der Waals surface area contributed by atoms with Gasteiger partial charge in [0.2, 0.25) is 0 Å². The Morgan fingerprint density at radius 2 is 1.70 bits per heavy atom. The van der Waals surface area contributed by atoms with Gasteiger partial charge in [-0.05, 0) is 0 Å². The second kappa shape index (κ2) is 7.28. The fourth-order valence-electron chi connectivity index (χ4n) is 0.742. The van der Waals surface area contributed by atoms with E-state index >= 15 is 0 Å². The van der Waals surface area contributed by atoms with Gasteiger partial charge in [0.05, 0.1) is 0 Å². The van der Waals surface area contributed by atoms with Gasteiger partial charge in [0.15, 0.2) is 0 Å². The van der Waals surface area contributed by atoms with Crippen molar-refractivity contribution >= 4 is 22.6 Å². The molecular weight excluding hydrogens is 237 g/mol. The van der Waals surface area contributed by atoms with Crippen molar-refractivity contribution in [3.63, 3.8) is 0 Å². The molecule has 0 spiro atoms. The highest BCUT2D eigenvalue weighted by atomic mass is 127. The monoisotopic (exact) mass is 251 g/mol. The van der Waals surface area contributed by atoms with Crippen molar-refractivity contribution in [1.82, 2.24) is 4.90 Å². The van der Waals surface area contributed by atoms with Crippen LogP contribution in [-0.2, 0) is 0 Å². The minimum atomic E-state index is 0.967. The highest BCUT2D eigenvalue weighted by Crippen LogP contribution is 1.91. The maximum atomic E-state index is 3.69. The lowest BCUT2D eigenvalue weighted by Crippen LogP contribution is -2.25. The van der Waals surface area contributed by atoms with Crippen molar-refractivity contribution in [2.24, 2.45) is 0 Å². The van der Waals surface area contributed by atoms with Crippen molar-refractivity contribution in [2.45, 2.75) is 0 Å². The predicted molar refractivity (Wildman–Crippen MR) is 55.7 cm³/mol. The van der Waals surface area contributed by atoms with E-state index in [1.54, 1.807) is 0 Å². The van der Waals surface area contributed by atoms with Crippen LogP contribution in [0.5, 0.6) is 0 Å². The molecule has 10 heavy (non-hydrogen) atoms. The molecule has 0 radical (unpaired) electrons. The zero-order valence-electron chi connectivity index (χ0n) is 6.22. The summed E-state index contributed by atoms with van der Waals surface area (Å²) in [6.45, 7) is 10.4. The van der Waals surface area contributed by atoms with Crippen LogP contribution in [0.25, 0.3) is 0 Å². The molecule has 0 saturated carbocycles. The van der Waals surface area contributed by atoms with Crippen LogP contribution in [0.3, 0.4) is 0 Å². The van der Waals surface area contributed by atoms with Gasteiger partial charge in [-0.2, -0.15) is 0 Å². The fraction of sp³-hybridized carbons (Fsp3) is 0.500. The molecule has 0 fully saturated rings. The third-order valence-corrected chi connectivity index (χ3v) is 1.66. The minimum Gasteiger partial charge on any atom is -0.295 e. The van der Waals surface area contributed by atoms with Crippen molar-refractivity contribution in [1.29, 1.82) is 0 Å². The Balaban J connectivity index is 3.48. The third-order valence-electron chi connectivity index (χ3n) is 1.18. The zero-order chi connectivity index (χ0) is 7.82. The van der Waals surface area contributed by atoms with Crippen LogP contribution in [0.15, 0.2) is 25.3 Å². The molecular formula is C8H14IN. The van der Waals surface area contributed by atoms with Gasteiger partial charge in [-0.25, -0.2) is 0 Å². The van der Waals surface area contributed by atoms with E-state index in [0.717, 1.165) is 19.6 Å². The largest absolute Gasteiger partial charge is 0.295 e. The third kappa shape index (κ3) is 4.99. The SMILES string of the molecule is C=CCN(CC=C)CCI. The van der Waals surface area contributed by atoms with Crippen LogP contribution >= 0.6 is 22.6 Å². The first-order valence-electron chi connectivity index (χ1n) is 3.35. The first-order valence-corrected chi connectivity index (χ1v) is 4.87. The Morgan fingerprint density at radius 3 is 2.00 bits per heavy atom. The molecule has 0 heterocycles. The highest BCUT2D eigenvalue weighted by molar-refractivity contribution is 14.1. The molecule has 0 aliphatic rings. The van der Waals surface area contributed by atoms with Crippen molar-refractivity contribution in [3.8, 4) is 0 Å². The lowest BCUT2D eigenvalue weighted by atomic mass is 10.4.